The molecule has 0 aliphatic rings. The van der Waals surface area contributed by atoms with E-state index in [1.165, 1.54) is 0 Å². The van der Waals surface area contributed by atoms with Crippen LogP contribution in [0.2, 0.25) is 0 Å². The van der Waals surface area contributed by atoms with Gasteiger partial charge >= 0.3 is 5.97 Å². The number of halogens is 3. The predicted molar refractivity (Wildman–Crippen MR) is 81.0 cm³/mol. The summed E-state index contributed by atoms with van der Waals surface area (Å²) in [5, 5.41) is 2.01. The molecule has 0 aliphatic heterocycles. The normalized spacial score (nSPS) is 10.3. The molecule has 0 saturated carbocycles. The lowest BCUT2D eigenvalue weighted by molar-refractivity contribution is -0.119. The molecule has 0 bridgehead atoms. The maximum absolute atomic E-state index is 13.4. The molecular formula is C17H14F3NO3. The zero-order valence-corrected chi connectivity index (χ0v) is 12.7. The summed E-state index contributed by atoms with van der Waals surface area (Å²) in [5.74, 6) is -6.19. The topological polar surface area (TPSA) is 55.4 Å². The highest BCUT2D eigenvalue weighted by atomic mass is 19.2. The van der Waals surface area contributed by atoms with Gasteiger partial charge in [-0.2, -0.15) is 0 Å². The Bertz CT molecular complexity index is 760. The van der Waals surface area contributed by atoms with Crippen molar-refractivity contribution in [1.29, 1.82) is 0 Å². The fourth-order valence-corrected chi connectivity index (χ4v) is 1.90. The number of aryl methyl sites for hydroxylation is 1. The second-order valence-electron chi connectivity index (χ2n) is 4.90. The first-order valence-electron chi connectivity index (χ1n) is 7.11. The number of carbonyl (C=O) groups excluding carboxylic acids is 2. The molecular weight excluding hydrogens is 323 g/mol. The van der Waals surface area contributed by atoms with Crippen molar-refractivity contribution in [2.45, 2.75) is 13.3 Å². The van der Waals surface area contributed by atoms with Crippen molar-refractivity contribution in [2.24, 2.45) is 0 Å². The minimum Gasteiger partial charge on any atom is -0.452 e. The van der Waals surface area contributed by atoms with Gasteiger partial charge in [-0.3, -0.25) is 4.79 Å². The number of hydrogen-bond donors (Lipinski definition) is 1. The molecule has 0 heterocycles. The van der Waals surface area contributed by atoms with E-state index in [0.29, 0.717) is 6.07 Å². The van der Waals surface area contributed by atoms with E-state index >= 15 is 0 Å². The first-order chi connectivity index (χ1) is 11.4. The summed E-state index contributed by atoms with van der Waals surface area (Å²) in [6, 6.07) is 8.19. The first kappa shape index (κ1) is 17.5. The van der Waals surface area contributed by atoms with E-state index in [0.717, 1.165) is 18.1 Å². The van der Waals surface area contributed by atoms with Crippen LogP contribution in [0.3, 0.4) is 0 Å². The Labute approximate surface area is 136 Å². The highest BCUT2D eigenvalue weighted by Crippen LogP contribution is 2.19. The van der Waals surface area contributed by atoms with E-state index in [2.05, 4.69) is 0 Å². The first-order valence-corrected chi connectivity index (χ1v) is 7.11. The molecule has 24 heavy (non-hydrogen) atoms. The second kappa shape index (κ2) is 7.63. The Hall–Kier alpha value is -2.83. The van der Waals surface area contributed by atoms with Gasteiger partial charge in [0.05, 0.1) is 11.3 Å². The van der Waals surface area contributed by atoms with Crippen LogP contribution >= 0.6 is 0 Å². The molecule has 0 fully saturated rings. The van der Waals surface area contributed by atoms with Crippen molar-refractivity contribution >= 4 is 17.6 Å². The quantitative estimate of drug-likeness (QED) is 0.671. The van der Waals surface area contributed by atoms with Crippen molar-refractivity contribution in [1.82, 2.24) is 0 Å². The molecule has 2 aromatic rings. The second-order valence-corrected chi connectivity index (χ2v) is 4.90. The number of anilines is 1. The van der Waals surface area contributed by atoms with Gasteiger partial charge in [-0.25, -0.2) is 18.0 Å². The lowest BCUT2D eigenvalue weighted by Crippen LogP contribution is -2.21. The van der Waals surface area contributed by atoms with Crippen LogP contribution in [0.4, 0.5) is 18.9 Å². The fraction of sp³-hybridized carbons (Fsp3) is 0.176. The molecule has 126 valence electrons. The Morgan fingerprint density at radius 3 is 2.29 bits per heavy atom. The van der Waals surface area contributed by atoms with Gasteiger partial charge in [-0.15, -0.1) is 0 Å². The Balaban J connectivity index is 1.93. The molecule has 0 unspecified atom stereocenters. The van der Waals surface area contributed by atoms with Crippen molar-refractivity contribution in [2.75, 3.05) is 11.9 Å². The van der Waals surface area contributed by atoms with E-state index in [1.807, 2.05) is 12.2 Å². The minimum absolute atomic E-state index is 0.263. The Kier molecular flexibility index (Phi) is 5.57. The van der Waals surface area contributed by atoms with Gasteiger partial charge in [0.2, 0.25) is 0 Å². The number of carbonyl (C=O) groups is 2. The smallest absolute Gasteiger partial charge is 0.338 e. The fourth-order valence-electron chi connectivity index (χ4n) is 1.90. The summed E-state index contributed by atoms with van der Waals surface area (Å²) in [6.45, 7) is 1.28. The number of nitrogens with one attached hydrogen (secondary N) is 1. The number of rotatable bonds is 5. The molecule has 7 heteroatoms. The molecule has 0 aliphatic carbocycles. The van der Waals surface area contributed by atoms with Crippen LogP contribution in [-0.2, 0) is 16.0 Å². The maximum atomic E-state index is 13.4. The SMILES string of the molecule is CCc1ccc(C(=O)OCC(=O)Nc2ccc(F)c(F)c2F)cc1. The number of ether oxygens (including phenoxy) is 1. The highest BCUT2D eigenvalue weighted by Gasteiger charge is 2.16. The van der Waals surface area contributed by atoms with Crippen LogP contribution in [0.25, 0.3) is 0 Å². The van der Waals surface area contributed by atoms with Crippen molar-refractivity contribution in [3.05, 3.63) is 65.0 Å². The monoisotopic (exact) mass is 337 g/mol. The minimum atomic E-state index is -1.69. The lowest BCUT2D eigenvalue weighted by Gasteiger charge is -2.08. The summed E-state index contributed by atoms with van der Waals surface area (Å²) < 4.78 is 44.1. The molecule has 0 radical (unpaired) electrons. The van der Waals surface area contributed by atoms with Crippen LogP contribution in [0.5, 0.6) is 0 Å². The van der Waals surface area contributed by atoms with Gasteiger partial charge in [-0.1, -0.05) is 19.1 Å². The molecule has 1 N–H and O–H groups in total. The average Bonchev–Trinajstić information content (AvgIpc) is 2.60. The number of amides is 1. The van der Waals surface area contributed by atoms with Gasteiger partial charge in [-0.05, 0) is 36.2 Å². The highest BCUT2D eigenvalue weighted by molar-refractivity contribution is 5.95. The summed E-state index contributed by atoms with van der Waals surface area (Å²) in [5.41, 5.74) is 0.763. The van der Waals surface area contributed by atoms with Crippen molar-refractivity contribution in [3.63, 3.8) is 0 Å². The van der Waals surface area contributed by atoms with Crippen LogP contribution in [-0.4, -0.2) is 18.5 Å². The number of esters is 1. The van der Waals surface area contributed by atoms with Gasteiger partial charge in [0.25, 0.3) is 5.91 Å². The largest absolute Gasteiger partial charge is 0.452 e. The molecule has 2 rings (SSSR count). The third-order valence-electron chi connectivity index (χ3n) is 3.24. The van der Waals surface area contributed by atoms with Gasteiger partial charge in [0, 0.05) is 0 Å². The summed E-state index contributed by atoms with van der Waals surface area (Å²) >= 11 is 0. The molecule has 4 nitrogen and oxygen atoms in total. The number of benzene rings is 2. The molecule has 1 amide bonds. The van der Waals surface area contributed by atoms with Crippen LogP contribution in [0, 0.1) is 17.5 Å². The third kappa shape index (κ3) is 4.13. The summed E-state index contributed by atoms with van der Waals surface area (Å²) in [6.07, 6.45) is 0.817. The molecule has 2 aromatic carbocycles. The van der Waals surface area contributed by atoms with E-state index in [1.54, 1.807) is 24.3 Å². The van der Waals surface area contributed by atoms with Gasteiger partial charge in [0.1, 0.15) is 0 Å². The zero-order chi connectivity index (χ0) is 17.7. The summed E-state index contributed by atoms with van der Waals surface area (Å²) in [7, 11) is 0. The van der Waals surface area contributed by atoms with Gasteiger partial charge < -0.3 is 10.1 Å². The lowest BCUT2D eigenvalue weighted by atomic mass is 10.1. The van der Waals surface area contributed by atoms with Crippen molar-refractivity contribution in [3.8, 4) is 0 Å². The maximum Gasteiger partial charge on any atom is 0.338 e. The molecule has 0 saturated heterocycles. The van der Waals surface area contributed by atoms with Crippen LogP contribution in [0.1, 0.15) is 22.8 Å². The van der Waals surface area contributed by atoms with E-state index in [-0.39, 0.29) is 5.56 Å². The van der Waals surface area contributed by atoms with Gasteiger partial charge in [0.15, 0.2) is 24.1 Å². The Morgan fingerprint density at radius 1 is 1.00 bits per heavy atom. The molecule has 0 atom stereocenters. The summed E-state index contributed by atoms with van der Waals surface area (Å²) in [4.78, 5) is 23.4. The van der Waals surface area contributed by atoms with E-state index < -0.39 is 41.6 Å². The number of hydrogen-bond acceptors (Lipinski definition) is 3. The molecule has 0 spiro atoms. The van der Waals surface area contributed by atoms with Crippen molar-refractivity contribution < 1.29 is 27.5 Å². The average molecular weight is 337 g/mol. The standard InChI is InChI=1S/C17H14F3NO3/c1-2-10-3-5-11(6-4-10)17(23)24-9-14(22)21-13-8-7-12(18)15(19)16(13)20/h3-8H,2,9H2,1H3,(H,21,22). The van der Waals surface area contributed by atoms with E-state index in [4.69, 9.17) is 4.74 Å². The van der Waals surface area contributed by atoms with Crippen LogP contribution in [0.15, 0.2) is 36.4 Å². The molecule has 0 aromatic heterocycles. The Morgan fingerprint density at radius 2 is 1.67 bits per heavy atom. The van der Waals surface area contributed by atoms with Crippen LogP contribution < -0.4 is 5.32 Å². The van der Waals surface area contributed by atoms with E-state index in [9.17, 15) is 22.8 Å². The third-order valence-corrected chi connectivity index (χ3v) is 3.24. The predicted octanol–water partition coefficient (Wildman–Crippen LogP) is 3.46. The zero-order valence-electron chi connectivity index (χ0n) is 12.7.